The Kier molecular flexibility index (Phi) is 3.07. The third-order valence-electron chi connectivity index (χ3n) is 1.27. The van der Waals surface area contributed by atoms with Gasteiger partial charge in [-0.3, -0.25) is 0 Å². The molecule has 0 unspecified atom stereocenters. The van der Waals surface area contributed by atoms with Gasteiger partial charge in [0.05, 0.1) is 12.7 Å². The summed E-state index contributed by atoms with van der Waals surface area (Å²) in [6.07, 6.45) is 6.88. The topological polar surface area (TPSA) is 57.4 Å². The van der Waals surface area contributed by atoms with Crippen molar-refractivity contribution in [2.45, 2.75) is 13.8 Å². The van der Waals surface area contributed by atoms with Gasteiger partial charge >= 0.3 is 0 Å². The minimum absolute atomic E-state index is 1.11. The number of aryl methyl sites for hydroxylation is 2. The molecule has 0 aliphatic rings. The second-order valence-corrected chi connectivity index (χ2v) is 2.47. The Hall–Kier alpha value is -1.58. The Bertz CT molecular complexity index is 250. The number of rotatable bonds is 0. The van der Waals surface area contributed by atoms with Crippen LogP contribution in [0, 0.1) is 13.8 Å². The van der Waals surface area contributed by atoms with Gasteiger partial charge in [-0.15, -0.1) is 0 Å². The maximum atomic E-state index is 3.77. The molecule has 2 rings (SSSR count). The van der Waals surface area contributed by atoms with Gasteiger partial charge in [0, 0.05) is 23.8 Å². The van der Waals surface area contributed by atoms with Crippen molar-refractivity contribution in [3.8, 4) is 0 Å². The van der Waals surface area contributed by atoms with Gasteiger partial charge in [-0.25, -0.2) is 9.97 Å². The summed E-state index contributed by atoms with van der Waals surface area (Å²) in [5.41, 5.74) is 2.21. The fourth-order valence-electron chi connectivity index (χ4n) is 0.651. The van der Waals surface area contributed by atoms with Crippen molar-refractivity contribution in [3.05, 3.63) is 36.4 Å². The third-order valence-corrected chi connectivity index (χ3v) is 1.27. The van der Waals surface area contributed by atoms with E-state index in [1.54, 1.807) is 25.0 Å². The molecule has 64 valence electrons. The number of aromatic amines is 2. The predicted octanol–water partition coefficient (Wildman–Crippen LogP) is 1.44. The molecule has 12 heavy (non-hydrogen) atoms. The first-order valence-electron chi connectivity index (χ1n) is 3.69. The van der Waals surface area contributed by atoms with E-state index in [0.717, 1.165) is 11.4 Å². The summed E-state index contributed by atoms with van der Waals surface area (Å²) in [7, 11) is 0. The van der Waals surface area contributed by atoms with Gasteiger partial charge in [0.25, 0.3) is 0 Å². The molecular weight excluding hydrogens is 152 g/mol. The second kappa shape index (κ2) is 4.33. The highest BCUT2D eigenvalue weighted by atomic mass is 14.8. The van der Waals surface area contributed by atoms with Crippen molar-refractivity contribution < 1.29 is 0 Å². The maximum Gasteiger partial charge on any atom is 0.0921 e. The van der Waals surface area contributed by atoms with Crippen molar-refractivity contribution in [1.82, 2.24) is 19.9 Å². The molecule has 0 aliphatic carbocycles. The SMILES string of the molecule is Cc1cnc[nH]1.Cc1cnc[nH]1. The van der Waals surface area contributed by atoms with Gasteiger partial charge in [-0.05, 0) is 13.8 Å². The lowest BCUT2D eigenvalue weighted by molar-refractivity contribution is 1.25. The van der Waals surface area contributed by atoms with E-state index in [2.05, 4.69) is 19.9 Å². The average Bonchev–Trinajstić information content (AvgIpc) is 2.63. The molecule has 0 aromatic carbocycles. The van der Waals surface area contributed by atoms with Crippen LogP contribution in [-0.4, -0.2) is 19.9 Å². The van der Waals surface area contributed by atoms with Gasteiger partial charge in [0.1, 0.15) is 0 Å². The van der Waals surface area contributed by atoms with Crippen LogP contribution in [0.1, 0.15) is 11.4 Å². The minimum atomic E-state index is 1.11. The number of nitrogens with zero attached hydrogens (tertiary/aromatic N) is 2. The zero-order chi connectivity index (χ0) is 8.81. The molecule has 4 nitrogen and oxygen atoms in total. The van der Waals surface area contributed by atoms with Crippen LogP contribution in [-0.2, 0) is 0 Å². The van der Waals surface area contributed by atoms with Crippen molar-refractivity contribution in [2.24, 2.45) is 0 Å². The summed E-state index contributed by atoms with van der Waals surface area (Å²) >= 11 is 0. The molecule has 4 heteroatoms. The van der Waals surface area contributed by atoms with Gasteiger partial charge in [0.15, 0.2) is 0 Å². The van der Waals surface area contributed by atoms with Gasteiger partial charge < -0.3 is 9.97 Å². The van der Waals surface area contributed by atoms with Crippen LogP contribution >= 0.6 is 0 Å². The highest BCUT2D eigenvalue weighted by Crippen LogP contribution is 1.81. The summed E-state index contributed by atoms with van der Waals surface area (Å²) in [4.78, 5) is 13.3. The quantitative estimate of drug-likeness (QED) is 0.619. The largest absolute Gasteiger partial charge is 0.349 e. The Balaban J connectivity index is 0.000000120. The minimum Gasteiger partial charge on any atom is -0.349 e. The third kappa shape index (κ3) is 3.01. The number of aromatic nitrogens is 4. The molecule has 0 fully saturated rings. The fraction of sp³-hybridized carbons (Fsp3) is 0.250. The molecule has 2 aromatic rings. The van der Waals surface area contributed by atoms with E-state index in [4.69, 9.17) is 0 Å². The molecule has 2 aromatic heterocycles. The van der Waals surface area contributed by atoms with E-state index in [0.29, 0.717) is 0 Å². The summed E-state index contributed by atoms with van der Waals surface area (Å²) in [5.74, 6) is 0. The monoisotopic (exact) mass is 164 g/mol. The van der Waals surface area contributed by atoms with Crippen LogP contribution in [0.25, 0.3) is 0 Å². The lowest BCUT2D eigenvalue weighted by atomic mass is 10.6. The van der Waals surface area contributed by atoms with E-state index < -0.39 is 0 Å². The van der Waals surface area contributed by atoms with Crippen molar-refractivity contribution >= 4 is 0 Å². The van der Waals surface area contributed by atoms with Crippen LogP contribution in [0.2, 0.25) is 0 Å². The molecule has 0 bridgehead atoms. The zero-order valence-corrected chi connectivity index (χ0v) is 7.20. The van der Waals surface area contributed by atoms with E-state index in [1.807, 2.05) is 13.8 Å². The molecule has 0 aliphatic heterocycles. The number of H-pyrrole nitrogens is 2. The first kappa shape index (κ1) is 8.52. The molecule has 0 spiro atoms. The highest BCUT2D eigenvalue weighted by molar-refractivity contribution is 4.88. The molecule has 0 saturated carbocycles. The summed E-state index contributed by atoms with van der Waals surface area (Å²) < 4.78 is 0. The number of imidazole rings is 2. The number of hydrogen-bond acceptors (Lipinski definition) is 2. The zero-order valence-electron chi connectivity index (χ0n) is 7.20. The summed E-state index contributed by atoms with van der Waals surface area (Å²) in [5, 5.41) is 0. The molecule has 0 saturated heterocycles. The number of hydrogen-bond donors (Lipinski definition) is 2. The van der Waals surface area contributed by atoms with Gasteiger partial charge in [0.2, 0.25) is 0 Å². The second-order valence-electron chi connectivity index (χ2n) is 2.47. The standard InChI is InChI=1S/2C4H6N2/c2*1-4-2-5-3-6-4/h2*2-3H,1H3,(H,5,6). The van der Waals surface area contributed by atoms with Crippen molar-refractivity contribution in [2.75, 3.05) is 0 Å². The molecule has 0 radical (unpaired) electrons. The van der Waals surface area contributed by atoms with E-state index >= 15 is 0 Å². The Labute approximate surface area is 71.1 Å². The van der Waals surface area contributed by atoms with Crippen LogP contribution in [0.5, 0.6) is 0 Å². The average molecular weight is 164 g/mol. The Morgan fingerprint density at radius 3 is 1.42 bits per heavy atom. The lowest BCUT2D eigenvalue weighted by Gasteiger charge is -1.67. The highest BCUT2D eigenvalue weighted by Gasteiger charge is 1.74. The van der Waals surface area contributed by atoms with Gasteiger partial charge in [-0.1, -0.05) is 0 Å². The van der Waals surface area contributed by atoms with E-state index in [1.165, 1.54) is 0 Å². The van der Waals surface area contributed by atoms with Crippen LogP contribution in [0.15, 0.2) is 25.0 Å². The van der Waals surface area contributed by atoms with Crippen LogP contribution < -0.4 is 0 Å². The normalized spacial score (nSPS) is 8.83. The van der Waals surface area contributed by atoms with Gasteiger partial charge in [-0.2, -0.15) is 0 Å². The summed E-state index contributed by atoms with van der Waals surface area (Å²) in [6, 6.07) is 0. The Morgan fingerprint density at radius 1 is 0.917 bits per heavy atom. The summed E-state index contributed by atoms with van der Waals surface area (Å²) in [6.45, 7) is 3.93. The predicted molar refractivity (Wildman–Crippen MR) is 46.6 cm³/mol. The molecule has 0 amide bonds. The van der Waals surface area contributed by atoms with E-state index in [-0.39, 0.29) is 0 Å². The maximum absolute atomic E-state index is 3.77. The Morgan fingerprint density at radius 2 is 1.33 bits per heavy atom. The van der Waals surface area contributed by atoms with Crippen LogP contribution in [0.4, 0.5) is 0 Å². The number of nitrogens with one attached hydrogen (secondary N) is 2. The smallest absolute Gasteiger partial charge is 0.0921 e. The first-order chi connectivity index (χ1) is 5.79. The first-order valence-corrected chi connectivity index (χ1v) is 3.69. The van der Waals surface area contributed by atoms with Crippen molar-refractivity contribution in [1.29, 1.82) is 0 Å². The van der Waals surface area contributed by atoms with E-state index in [9.17, 15) is 0 Å². The fourth-order valence-corrected chi connectivity index (χ4v) is 0.651. The van der Waals surface area contributed by atoms with Crippen molar-refractivity contribution in [3.63, 3.8) is 0 Å². The molecule has 2 N–H and O–H groups in total. The molecular formula is C8H12N4. The molecule has 0 atom stereocenters. The molecule has 2 heterocycles. The lowest BCUT2D eigenvalue weighted by Crippen LogP contribution is -1.59. The van der Waals surface area contributed by atoms with Crippen LogP contribution in [0.3, 0.4) is 0 Å².